The van der Waals surface area contributed by atoms with Crippen LogP contribution in [0, 0.1) is 0 Å². The third kappa shape index (κ3) is 5.29. The van der Waals surface area contributed by atoms with Gasteiger partial charge in [0.15, 0.2) is 5.11 Å². The van der Waals surface area contributed by atoms with Crippen LogP contribution >= 0.6 is 12.2 Å². The van der Waals surface area contributed by atoms with Crippen LogP contribution in [0.5, 0.6) is 11.6 Å². The zero-order valence-electron chi connectivity index (χ0n) is 15.5. The van der Waals surface area contributed by atoms with Gasteiger partial charge in [-0.15, -0.1) is 0 Å². The van der Waals surface area contributed by atoms with Crippen LogP contribution in [0.1, 0.15) is 33.6 Å². The van der Waals surface area contributed by atoms with Crippen LogP contribution in [-0.2, 0) is 0 Å². The zero-order chi connectivity index (χ0) is 18.6. The molecule has 0 spiro atoms. The van der Waals surface area contributed by atoms with Gasteiger partial charge >= 0.3 is 0 Å². The van der Waals surface area contributed by atoms with Crippen molar-refractivity contribution in [1.29, 1.82) is 0 Å². The smallest absolute Gasteiger partial charge is 0.234 e. The standard InChI is InChI=1S/C19H25N5OS/c1-19(2,3)23-18(26)22-17-20-15(24-11-7-8-12-24)13-16(21-17)25-14-9-5-4-6-10-14/h4-6,9-10,13H,7-8,11-12H2,1-3H3,(H2,20,21,22,23,26). The first kappa shape index (κ1) is 18.4. The van der Waals surface area contributed by atoms with Gasteiger partial charge in [0, 0.05) is 24.7 Å². The molecule has 1 aromatic heterocycles. The molecule has 1 aromatic carbocycles. The Morgan fingerprint density at radius 2 is 1.81 bits per heavy atom. The molecule has 3 rings (SSSR count). The lowest BCUT2D eigenvalue weighted by atomic mass is 10.1. The molecule has 0 unspecified atom stereocenters. The molecule has 2 aromatic rings. The molecule has 1 aliphatic rings. The largest absolute Gasteiger partial charge is 0.439 e. The first-order valence-corrected chi connectivity index (χ1v) is 9.26. The van der Waals surface area contributed by atoms with Crippen LogP contribution in [0.4, 0.5) is 11.8 Å². The highest BCUT2D eigenvalue weighted by Gasteiger charge is 2.18. The summed E-state index contributed by atoms with van der Waals surface area (Å²) in [6.45, 7) is 8.13. The van der Waals surface area contributed by atoms with E-state index in [0.717, 1.165) is 24.7 Å². The molecule has 0 amide bonds. The molecule has 2 heterocycles. The van der Waals surface area contributed by atoms with E-state index in [1.54, 1.807) is 0 Å². The zero-order valence-corrected chi connectivity index (χ0v) is 16.3. The van der Waals surface area contributed by atoms with Gasteiger partial charge < -0.3 is 20.3 Å². The minimum absolute atomic E-state index is 0.139. The van der Waals surface area contributed by atoms with Gasteiger partial charge in [-0.2, -0.15) is 9.97 Å². The Labute approximate surface area is 160 Å². The van der Waals surface area contributed by atoms with Crippen LogP contribution in [0.15, 0.2) is 36.4 Å². The SMILES string of the molecule is CC(C)(C)NC(=S)Nc1nc(Oc2ccccc2)cc(N2CCCC2)n1. The van der Waals surface area contributed by atoms with Gasteiger partial charge in [0.05, 0.1) is 0 Å². The third-order valence-electron chi connectivity index (χ3n) is 3.80. The first-order chi connectivity index (χ1) is 12.4. The second kappa shape index (κ2) is 7.86. The van der Waals surface area contributed by atoms with E-state index in [9.17, 15) is 0 Å². The summed E-state index contributed by atoms with van der Waals surface area (Å²) in [5.74, 6) is 2.51. The van der Waals surface area contributed by atoms with E-state index in [1.807, 2.05) is 57.2 Å². The normalized spacial score (nSPS) is 14.2. The van der Waals surface area contributed by atoms with Crippen LogP contribution in [-0.4, -0.2) is 33.7 Å². The summed E-state index contributed by atoms with van der Waals surface area (Å²) < 4.78 is 5.92. The molecule has 0 bridgehead atoms. The van der Waals surface area contributed by atoms with Crippen molar-refractivity contribution in [2.75, 3.05) is 23.3 Å². The van der Waals surface area contributed by atoms with Crippen molar-refractivity contribution in [2.24, 2.45) is 0 Å². The lowest BCUT2D eigenvalue weighted by Gasteiger charge is -2.23. The summed E-state index contributed by atoms with van der Waals surface area (Å²) in [5.41, 5.74) is -0.139. The van der Waals surface area contributed by atoms with E-state index in [2.05, 4.69) is 25.5 Å². The fourth-order valence-corrected chi connectivity index (χ4v) is 3.11. The van der Waals surface area contributed by atoms with E-state index in [1.165, 1.54) is 12.8 Å². The van der Waals surface area contributed by atoms with Gasteiger partial charge in [0.25, 0.3) is 0 Å². The number of rotatable bonds is 4. The number of para-hydroxylation sites is 1. The Kier molecular flexibility index (Phi) is 5.56. The minimum Gasteiger partial charge on any atom is -0.439 e. The fraction of sp³-hybridized carbons (Fsp3) is 0.421. The Bertz CT molecular complexity index is 754. The van der Waals surface area contributed by atoms with E-state index >= 15 is 0 Å². The quantitative estimate of drug-likeness (QED) is 0.789. The second-order valence-electron chi connectivity index (χ2n) is 7.33. The molecule has 1 saturated heterocycles. The molecular formula is C19H25N5OS. The van der Waals surface area contributed by atoms with Gasteiger partial charge in [-0.1, -0.05) is 18.2 Å². The summed E-state index contributed by atoms with van der Waals surface area (Å²) in [6.07, 6.45) is 2.34. The van der Waals surface area contributed by atoms with Crippen molar-refractivity contribution in [3.8, 4) is 11.6 Å². The summed E-state index contributed by atoms with van der Waals surface area (Å²) >= 11 is 5.38. The minimum atomic E-state index is -0.139. The lowest BCUT2D eigenvalue weighted by molar-refractivity contribution is 0.462. The predicted molar refractivity (Wildman–Crippen MR) is 109 cm³/mol. The number of aromatic nitrogens is 2. The van der Waals surface area contributed by atoms with Crippen LogP contribution < -0.4 is 20.3 Å². The molecule has 2 N–H and O–H groups in total. The Hall–Kier alpha value is -2.41. The van der Waals surface area contributed by atoms with Crippen LogP contribution in [0.3, 0.4) is 0 Å². The number of hydrogen-bond acceptors (Lipinski definition) is 5. The molecular weight excluding hydrogens is 346 g/mol. The molecule has 138 valence electrons. The lowest BCUT2D eigenvalue weighted by Crippen LogP contribution is -2.43. The van der Waals surface area contributed by atoms with Crippen molar-refractivity contribution in [3.05, 3.63) is 36.4 Å². The maximum atomic E-state index is 5.92. The first-order valence-electron chi connectivity index (χ1n) is 8.85. The average molecular weight is 372 g/mol. The predicted octanol–water partition coefficient (Wildman–Crippen LogP) is 3.95. The van der Waals surface area contributed by atoms with E-state index in [0.29, 0.717) is 16.9 Å². The van der Waals surface area contributed by atoms with E-state index in [-0.39, 0.29) is 5.54 Å². The number of thiocarbonyl (C=S) groups is 1. The Morgan fingerprint density at radius 3 is 2.46 bits per heavy atom. The van der Waals surface area contributed by atoms with Crippen molar-refractivity contribution in [2.45, 2.75) is 39.2 Å². The van der Waals surface area contributed by atoms with Gasteiger partial charge in [-0.3, -0.25) is 0 Å². The average Bonchev–Trinajstić information content (AvgIpc) is 3.08. The van der Waals surface area contributed by atoms with Gasteiger partial charge in [0.1, 0.15) is 11.6 Å². The fourth-order valence-electron chi connectivity index (χ4n) is 2.71. The monoisotopic (exact) mass is 371 g/mol. The molecule has 1 fully saturated rings. The second-order valence-corrected chi connectivity index (χ2v) is 7.73. The third-order valence-corrected chi connectivity index (χ3v) is 4.00. The number of nitrogens with zero attached hydrogens (tertiary/aromatic N) is 3. The van der Waals surface area contributed by atoms with Crippen molar-refractivity contribution in [1.82, 2.24) is 15.3 Å². The number of benzene rings is 1. The molecule has 6 nitrogen and oxygen atoms in total. The van der Waals surface area contributed by atoms with Gasteiger partial charge in [0.2, 0.25) is 11.8 Å². The highest BCUT2D eigenvalue weighted by Crippen LogP contribution is 2.26. The number of ether oxygens (including phenoxy) is 1. The van der Waals surface area contributed by atoms with Gasteiger partial charge in [-0.05, 0) is 58.0 Å². The summed E-state index contributed by atoms with van der Waals surface area (Å²) in [6, 6.07) is 11.5. The Balaban J connectivity index is 1.83. The molecule has 0 saturated carbocycles. The van der Waals surface area contributed by atoms with Crippen molar-refractivity contribution >= 4 is 29.1 Å². The Morgan fingerprint density at radius 1 is 1.12 bits per heavy atom. The molecule has 0 atom stereocenters. The summed E-state index contributed by atoms with van der Waals surface area (Å²) in [7, 11) is 0. The number of anilines is 2. The van der Waals surface area contributed by atoms with Crippen LogP contribution in [0.2, 0.25) is 0 Å². The van der Waals surface area contributed by atoms with Crippen molar-refractivity contribution < 1.29 is 4.74 Å². The van der Waals surface area contributed by atoms with Crippen molar-refractivity contribution in [3.63, 3.8) is 0 Å². The van der Waals surface area contributed by atoms with E-state index < -0.39 is 0 Å². The molecule has 1 aliphatic heterocycles. The topological polar surface area (TPSA) is 62.3 Å². The summed E-state index contributed by atoms with van der Waals surface area (Å²) in [4.78, 5) is 11.3. The molecule has 0 radical (unpaired) electrons. The highest BCUT2D eigenvalue weighted by molar-refractivity contribution is 7.80. The molecule has 0 aliphatic carbocycles. The molecule has 7 heteroatoms. The van der Waals surface area contributed by atoms with Gasteiger partial charge in [-0.25, -0.2) is 0 Å². The maximum absolute atomic E-state index is 5.92. The molecule has 26 heavy (non-hydrogen) atoms. The van der Waals surface area contributed by atoms with Crippen LogP contribution in [0.25, 0.3) is 0 Å². The van der Waals surface area contributed by atoms with E-state index in [4.69, 9.17) is 17.0 Å². The number of nitrogens with one attached hydrogen (secondary N) is 2. The summed E-state index contributed by atoms with van der Waals surface area (Å²) in [5, 5.41) is 6.78. The number of hydrogen-bond donors (Lipinski definition) is 2. The highest BCUT2D eigenvalue weighted by atomic mass is 32.1. The maximum Gasteiger partial charge on any atom is 0.234 e.